The fourth-order valence-corrected chi connectivity index (χ4v) is 5.26. The fourth-order valence-electron chi connectivity index (χ4n) is 5.26. The Balaban J connectivity index is 1.54. The first-order valence-electron chi connectivity index (χ1n) is 11.9. The number of benzene rings is 3. The zero-order valence-electron chi connectivity index (χ0n) is 19.6. The normalized spacial score (nSPS) is 11.6. The molecule has 36 heavy (non-hydrogen) atoms. The van der Waals surface area contributed by atoms with Gasteiger partial charge in [-0.15, -0.1) is 0 Å². The molecule has 0 atom stereocenters. The first kappa shape index (κ1) is 20.4. The molecule has 0 saturated carbocycles. The molecule has 0 N–H and O–H groups in total. The summed E-state index contributed by atoms with van der Waals surface area (Å²) >= 11 is 0. The lowest BCUT2D eigenvalue weighted by Crippen LogP contribution is -1.96. The lowest BCUT2D eigenvalue weighted by atomic mass is 10.1. The summed E-state index contributed by atoms with van der Waals surface area (Å²) in [5.74, 6) is 0. The maximum atomic E-state index is 4.79. The molecule has 0 amide bonds. The third kappa shape index (κ3) is 2.88. The number of aromatic nitrogens is 4. The average molecular weight is 463 g/mol. The van der Waals surface area contributed by atoms with Crippen LogP contribution in [0.4, 0.5) is 0 Å². The molecule has 0 spiro atoms. The van der Waals surface area contributed by atoms with Gasteiger partial charge < -0.3 is 9.13 Å². The van der Waals surface area contributed by atoms with Gasteiger partial charge in [0.15, 0.2) is 0 Å². The Labute approximate surface area is 208 Å². The maximum absolute atomic E-state index is 4.79. The predicted octanol–water partition coefficient (Wildman–Crippen LogP) is 7.96. The van der Waals surface area contributed by atoms with Gasteiger partial charge in [-0.3, -0.25) is 9.97 Å². The van der Waals surface area contributed by atoms with E-state index in [1.54, 1.807) is 0 Å². The van der Waals surface area contributed by atoms with E-state index in [1.807, 2.05) is 36.7 Å². The van der Waals surface area contributed by atoms with Crippen molar-refractivity contribution in [2.75, 3.05) is 0 Å². The lowest BCUT2D eigenvalue weighted by Gasteiger charge is -2.10. The second-order valence-corrected chi connectivity index (χ2v) is 8.89. The Bertz CT molecular complexity index is 1970. The molecular weight excluding hydrogens is 440 g/mol. The Morgan fingerprint density at radius 1 is 0.528 bits per heavy atom. The molecule has 170 valence electrons. The number of hydrogen-bond donors (Lipinski definition) is 0. The van der Waals surface area contributed by atoms with E-state index in [1.165, 1.54) is 0 Å². The van der Waals surface area contributed by atoms with E-state index in [-0.39, 0.29) is 0 Å². The van der Waals surface area contributed by atoms with Crippen LogP contribution in [0.1, 0.15) is 11.1 Å². The largest absolute Gasteiger partial charge is 0.308 e. The smallest absolute Gasteiger partial charge is 0.0964 e. The van der Waals surface area contributed by atoms with E-state index in [4.69, 9.17) is 9.97 Å². The minimum Gasteiger partial charge on any atom is -0.308 e. The van der Waals surface area contributed by atoms with Crippen molar-refractivity contribution in [1.82, 2.24) is 19.1 Å². The van der Waals surface area contributed by atoms with E-state index < -0.39 is 0 Å². The van der Waals surface area contributed by atoms with Crippen molar-refractivity contribution in [1.29, 1.82) is 0 Å². The highest BCUT2D eigenvalue weighted by Gasteiger charge is 2.17. The topological polar surface area (TPSA) is 35.6 Å². The van der Waals surface area contributed by atoms with Gasteiger partial charge in [0, 0.05) is 34.5 Å². The molecule has 0 fully saturated rings. The fraction of sp³-hybridized carbons (Fsp3) is 0. The van der Waals surface area contributed by atoms with Gasteiger partial charge in [0.2, 0.25) is 0 Å². The van der Waals surface area contributed by atoms with Crippen LogP contribution in [0.25, 0.3) is 67.4 Å². The third-order valence-electron chi connectivity index (χ3n) is 6.93. The lowest BCUT2D eigenvalue weighted by molar-refractivity contribution is 1.16. The molecule has 4 heterocycles. The van der Waals surface area contributed by atoms with Gasteiger partial charge in [-0.25, -0.2) is 0 Å². The van der Waals surface area contributed by atoms with E-state index in [0.29, 0.717) is 0 Å². The van der Waals surface area contributed by atoms with Crippen molar-refractivity contribution in [2.24, 2.45) is 0 Å². The van der Waals surface area contributed by atoms with E-state index in [9.17, 15) is 0 Å². The van der Waals surface area contributed by atoms with Crippen molar-refractivity contribution in [3.05, 3.63) is 122 Å². The van der Waals surface area contributed by atoms with Crippen LogP contribution in [0, 0.1) is 0 Å². The zero-order valence-corrected chi connectivity index (χ0v) is 19.6. The molecule has 0 unspecified atom stereocenters. The monoisotopic (exact) mass is 462 g/mol. The van der Waals surface area contributed by atoms with Crippen LogP contribution >= 0.6 is 0 Å². The summed E-state index contributed by atoms with van der Waals surface area (Å²) in [6.45, 7) is 7.82. The Hall–Kier alpha value is -4.96. The highest BCUT2D eigenvalue weighted by Crippen LogP contribution is 2.36. The molecule has 0 aliphatic carbocycles. The van der Waals surface area contributed by atoms with Gasteiger partial charge in [0.05, 0.1) is 33.1 Å². The summed E-state index contributed by atoms with van der Waals surface area (Å²) in [5.41, 5.74) is 10.7. The van der Waals surface area contributed by atoms with Crippen molar-refractivity contribution >= 4 is 56.0 Å². The third-order valence-corrected chi connectivity index (χ3v) is 6.93. The molecule has 0 saturated heterocycles. The first-order chi connectivity index (χ1) is 17.8. The Morgan fingerprint density at radius 3 is 1.69 bits per heavy atom. The highest BCUT2D eigenvalue weighted by atomic mass is 15.0. The van der Waals surface area contributed by atoms with Crippen molar-refractivity contribution < 1.29 is 0 Å². The summed E-state index contributed by atoms with van der Waals surface area (Å²) in [4.78, 5) is 9.51. The van der Waals surface area contributed by atoms with Crippen molar-refractivity contribution in [3.63, 3.8) is 0 Å². The van der Waals surface area contributed by atoms with Crippen LogP contribution in [0.2, 0.25) is 0 Å². The van der Waals surface area contributed by atoms with Gasteiger partial charge in [0.25, 0.3) is 0 Å². The number of nitrogens with zero attached hydrogens (tertiary/aromatic N) is 4. The SMILES string of the molecule is C=Cc1ccc(-n2c3ccc(-n4c5ccc(C=C)cc5c5ncccc54)cc3c3ncccc32)cc1. The summed E-state index contributed by atoms with van der Waals surface area (Å²) in [7, 11) is 0. The van der Waals surface area contributed by atoms with Crippen LogP contribution in [0.3, 0.4) is 0 Å². The Morgan fingerprint density at radius 2 is 1.06 bits per heavy atom. The molecule has 4 aromatic heterocycles. The van der Waals surface area contributed by atoms with Crippen LogP contribution in [0.5, 0.6) is 0 Å². The van der Waals surface area contributed by atoms with Crippen LogP contribution in [-0.4, -0.2) is 19.1 Å². The maximum Gasteiger partial charge on any atom is 0.0964 e. The van der Waals surface area contributed by atoms with Gasteiger partial charge >= 0.3 is 0 Å². The number of rotatable bonds is 4. The molecule has 7 rings (SSSR count). The van der Waals surface area contributed by atoms with Gasteiger partial charge in [-0.2, -0.15) is 0 Å². The average Bonchev–Trinajstić information content (AvgIpc) is 3.45. The second kappa shape index (κ2) is 7.79. The van der Waals surface area contributed by atoms with Gasteiger partial charge in [-0.1, -0.05) is 43.5 Å². The van der Waals surface area contributed by atoms with Crippen LogP contribution in [0.15, 0.2) is 110 Å². The van der Waals surface area contributed by atoms with Crippen LogP contribution in [-0.2, 0) is 0 Å². The standard InChI is InChI=1S/C32H22N4/c1-3-21-9-12-23(13-10-21)35-28-16-14-24(20-26(28)32-29(35)7-5-18-34-32)36-27-15-11-22(4-2)19-25(27)31-30(36)8-6-17-33-31/h3-20H,1-2H2. The molecule has 4 nitrogen and oxygen atoms in total. The Kier molecular flexibility index (Phi) is 4.42. The number of hydrogen-bond acceptors (Lipinski definition) is 2. The van der Waals surface area contributed by atoms with Crippen molar-refractivity contribution in [2.45, 2.75) is 0 Å². The quantitative estimate of drug-likeness (QED) is 0.266. The molecule has 0 bridgehead atoms. The molecular formula is C32H22N4. The summed E-state index contributed by atoms with van der Waals surface area (Å²) < 4.78 is 4.56. The first-order valence-corrected chi connectivity index (χ1v) is 11.9. The minimum absolute atomic E-state index is 0.981. The zero-order chi connectivity index (χ0) is 24.2. The summed E-state index contributed by atoms with van der Waals surface area (Å²) in [6, 6.07) is 29.7. The van der Waals surface area contributed by atoms with Gasteiger partial charge in [-0.05, 0) is 77.9 Å². The van der Waals surface area contributed by atoms with E-state index in [0.717, 1.165) is 66.4 Å². The van der Waals surface area contributed by atoms with Crippen molar-refractivity contribution in [3.8, 4) is 11.4 Å². The molecule has 0 aliphatic rings. The second-order valence-electron chi connectivity index (χ2n) is 8.89. The van der Waals surface area contributed by atoms with E-state index >= 15 is 0 Å². The van der Waals surface area contributed by atoms with Crippen LogP contribution < -0.4 is 0 Å². The summed E-state index contributed by atoms with van der Waals surface area (Å²) in [6.07, 6.45) is 7.45. The number of fused-ring (bicyclic) bond motifs is 6. The van der Waals surface area contributed by atoms with Gasteiger partial charge in [0.1, 0.15) is 0 Å². The molecule has 3 aromatic carbocycles. The molecule has 7 aromatic rings. The highest BCUT2D eigenvalue weighted by molar-refractivity contribution is 6.10. The molecule has 4 heteroatoms. The minimum atomic E-state index is 0.981. The number of pyridine rings is 2. The molecule has 0 aliphatic heterocycles. The predicted molar refractivity (Wildman–Crippen MR) is 151 cm³/mol. The molecule has 0 radical (unpaired) electrons. The van der Waals surface area contributed by atoms with E-state index in [2.05, 4.69) is 95.1 Å². The summed E-state index contributed by atoms with van der Waals surface area (Å²) in [5, 5.41) is 2.23.